The minimum Gasteiger partial charge on any atom is -0.497 e. The van der Waals surface area contributed by atoms with E-state index >= 15 is 0 Å². The highest BCUT2D eigenvalue weighted by Gasteiger charge is 2.11. The lowest BCUT2D eigenvalue weighted by Gasteiger charge is -2.08. The van der Waals surface area contributed by atoms with E-state index in [-0.39, 0.29) is 5.91 Å². The van der Waals surface area contributed by atoms with Gasteiger partial charge in [0.05, 0.1) is 12.0 Å². The normalized spacial score (nSPS) is 10.4. The maximum Gasteiger partial charge on any atom is 0.265 e. The summed E-state index contributed by atoms with van der Waals surface area (Å²) in [5, 5.41) is 5.40. The molecule has 134 valence electrons. The molecule has 0 radical (unpaired) electrons. The summed E-state index contributed by atoms with van der Waals surface area (Å²) in [5.41, 5.74) is 2.61. The second-order valence-electron chi connectivity index (χ2n) is 5.70. The number of benzene rings is 2. The Morgan fingerprint density at radius 2 is 1.96 bits per heavy atom. The lowest BCUT2D eigenvalue weighted by atomic mass is 10.2. The van der Waals surface area contributed by atoms with E-state index in [0.717, 1.165) is 22.6 Å². The third-order valence-corrected chi connectivity index (χ3v) is 4.98. The van der Waals surface area contributed by atoms with E-state index in [2.05, 4.69) is 5.32 Å². The number of methoxy groups -OCH3 is 1. The van der Waals surface area contributed by atoms with Crippen molar-refractivity contribution in [3.05, 3.63) is 74.9 Å². The molecule has 0 bridgehead atoms. The van der Waals surface area contributed by atoms with Gasteiger partial charge < -0.3 is 14.8 Å². The fraction of sp³-hybridized carbons (Fsp3) is 0.150. The Morgan fingerprint density at radius 1 is 1.15 bits per heavy atom. The van der Waals surface area contributed by atoms with Gasteiger partial charge in [-0.3, -0.25) is 4.79 Å². The van der Waals surface area contributed by atoms with Crippen molar-refractivity contribution in [2.75, 3.05) is 12.4 Å². The highest BCUT2D eigenvalue weighted by atomic mass is 35.5. The van der Waals surface area contributed by atoms with E-state index in [1.165, 1.54) is 11.3 Å². The topological polar surface area (TPSA) is 47.6 Å². The maximum absolute atomic E-state index is 12.4. The summed E-state index contributed by atoms with van der Waals surface area (Å²) < 4.78 is 10.9. The van der Waals surface area contributed by atoms with Gasteiger partial charge in [0, 0.05) is 22.3 Å². The number of amides is 1. The number of halogens is 1. The number of rotatable bonds is 6. The van der Waals surface area contributed by atoms with E-state index in [9.17, 15) is 4.79 Å². The van der Waals surface area contributed by atoms with Crippen molar-refractivity contribution in [3.63, 3.8) is 0 Å². The number of carbonyl (C=O) groups excluding carboxylic acids is 1. The molecule has 0 unspecified atom stereocenters. The summed E-state index contributed by atoms with van der Waals surface area (Å²) in [6.07, 6.45) is 0. The first-order valence-electron chi connectivity index (χ1n) is 7.97. The van der Waals surface area contributed by atoms with Crippen LogP contribution in [0.25, 0.3) is 0 Å². The minimum absolute atomic E-state index is 0.159. The van der Waals surface area contributed by atoms with Crippen molar-refractivity contribution in [1.82, 2.24) is 0 Å². The number of ether oxygens (including phenoxy) is 2. The lowest BCUT2D eigenvalue weighted by molar-refractivity contribution is 0.103. The summed E-state index contributed by atoms with van der Waals surface area (Å²) in [5.74, 6) is 1.30. The predicted octanol–water partition coefficient (Wildman–Crippen LogP) is 5.55. The largest absolute Gasteiger partial charge is 0.497 e. The molecular weight excluding hydrogens is 370 g/mol. The standard InChI is InChI=1S/C20H18ClNO3S/c1-13-6-7-15(21)9-18(13)22-20(23)19-8-14(12-26-19)11-25-17-5-3-4-16(10-17)24-2/h3-10,12H,11H2,1-2H3,(H,22,23). The van der Waals surface area contributed by atoms with Crippen LogP contribution >= 0.6 is 22.9 Å². The Bertz CT molecular complexity index is 923. The molecule has 1 heterocycles. The molecule has 0 saturated heterocycles. The van der Waals surface area contributed by atoms with Crippen LogP contribution in [0.5, 0.6) is 11.5 Å². The Hall–Kier alpha value is -2.50. The first-order valence-corrected chi connectivity index (χ1v) is 9.22. The van der Waals surface area contributed by atoms with Gasteiger partial charge >= 0.3 is 0 Å². The molecule has 6 heteroatoms. The molecule has 0 saturated carbocycles. The molecule has 0 aliphatic rings. The highest BCUT2D eigenvalue weighted by Crippen LogP contribution is 2.24. The summed E-state index contributed by atoms with van der Waals surface area (Å²) in [7, 11) is 1.62. The average molecular weight is 388 g/mol. The number of anilines is 1. The first kappa shape index (κ1) is 18.3. The van der Waals surface area contributed by atoms with Gasteiger partial charge in [-0.2, -0.15) is 0 Å². The molecule has 0 aliphatic heterocycles. The summed E-state index contributed by atoms with van der Waals surface area (Å²) >= 11 is 7.38. The molecule has 0 aliphatic carbocycles. The Labute approximate surface area is 161 Å². The van der Waals surface area contributed by atoms with Gasteiger partial charge in [-0.15, -0.1) is 11.3 Å². The quantitative estimate of drug-likeness (QED) is 0.603. The number of thiophene rings is 1. The first-order chi connectivity index (χ1) is 12.5. The third-order valence-electron chi connectivity index (χ3n) is 3.77. The van der Waals surface area contributed by atoms with Crippen molar-refractivity contribution < 1.29 is 14.3 Å². The smallest absolute Gasteiger partial charge is 0.265 e. The number of nitrogens with one attached hydrogen (secondary N) is 1. The number of hydrogen-bond donors (Lipinski definition) is 1. The van der Waals surface area contributed by atoms with Gasteiger partial charge in [0.2, 0.25) is 0 Å². The van der Waals surface area contributed by atoms with Crippen LogP contribution in [0.4, 0.5) is 5.69 Å². The zero-order valence-electron chi connectivity index (χ0n) is 14.4. The van der Waals surface area contributed by atoms with Gasteiger partial charge in [-0.05, 0) is 48.2 Å². The molecule has 3 rings (SSSR count). The predicted molar refractivity (Wildman–Crippen MR) is 106 cm³/mol. The van der Waals surface area contributed by atoms with Crippen LogP contribution in [0.15, 0.2) is 53.9 Å². The number of aryl methyl sites for hydroxylation is 1. The Morgan fingerprint density at radius 3 is 2.77 bits per heavy atom. The van der Waals surface area contributed by atoms with Crippen LogP contribution < -0.4 is 14.8 Å². The van der Waals surface area contributed by atoms with Crippen molar-refractivity contribution in [2.24, 2.45) is 0 Å². The fourth-order valence-corrected chi connectivity index (χ4v) is 3.30. The third kappa shape index (κ3) is 4.56. The van der Waals surface area contributed by atoms with Crippen LogP contribution in [0.2, 0.25) is 5.02 Å². The summed E-state index contributed by atoms with van der Waals surface area (Å²) in [4.78, 5) is 13.1. The highest BCUT2D eigenvalue weighted by molar-refractivity contribution is 7.12. The molecule has 1 amide bonds. The van der Waals surface area contributed by atoms with Gasteiger partial charge in [0.1, 0.15) is 18.1 Å². The second kappa shape index (κ2) is 8.25. The monoisotopic (exact) mass is 387 g/mol. The minimum atomic E-state index is -0.159. The van der Waals surface area contributed by atoms with Crippen molar-refractivity contribution in [3.8, 4) is 11.5 Å². The van der Waals surface area contributed by atoms with E-state index in [0.29, 0.717) is 22.2 Å². The van der Waals surface area contributed by atoms with Crippen molar-refractivity contribution >= 4 is 34.5 Å². The van der Waals surface area contributed by atoms with Gasteiger partial charge in [0.15, 0.2) is 0 Å². The van der Waals surface area contributed by atoms with Gasteiger partial charge in [-0.1, -0.05) is 23.7 Å². The van der Waals surface area contributed by atoms with Gasteiger partial charge in [0.25, 0.3) is 5.91 Å². The molecule has 1 N–H and O–H groups in total. The molecule has 2 aromatic carbocycles. The SMILES string of the molecule is COc1cccc(OCc2csc(C(=O)Nc3cc(Cl)ccc3C)c2)c1. The van der Waals surface area contributed by atoms with Crippen molar-refractivity contribution in [2.45, 2.75) is 13.5 Å². The number of hydrogen-bond acceptors (Lipinski definition) is 4. The molecule has 1 aromatic heterocycles. The molecule has 0 atom stereocenters. The van der Waals surface area contributed by atoms with E-state index < -0.39 is 0 Å². The van der Waals surface area contributed by atoms with Crippen LogP contribution in [0.1, 0.15) is 20.8 Å². The summed E-state index contributed by atoms with van der Waals surface area (Å²) in [6, 6.07) is 14.7. The van der Waals surface area contributed by atoms with E-state index in [4.69, 9.17) is 21.1 Å². The lowest BCUT2D eigenvalue weighted by Crippen LogP contribution is -2.11. The molecular formula is C20H18ClNO3S. The average Bonchev–Trinajstić information content (AvgIpc) is 3.12. The van der Waals surface area contributed by atoms with Crippen LogP contribution in [-0.2, 0) is 6.61 Å². The van der Waals surface area contributed by atoms with Crippen LogP contribution in [0, 0.1) is 6.92 Å². The zero-order chi connectivity index (χ0) is 18.5. The zero-order valence-corrected chi connectivity index (χ0v) is 16.0. The molecule has 3 aromatic rings. The number of carbonyl (C=O) groups is 1. The maximum atomic E-state index is 12.4. The molecule has 0 fully saturated rings. The fourth-order valence-electron chi connectivity index (χ4n) is 2.34. The van der Waals surface area contributed by atoms with E-state index in [1.807, 2.05) is 48.7 Å². The van der Waals surface area contributed by atoms with Crippen LogP contribution in [0.3, 0.4) is 0 Å². The second-order valence-corrected chi connectivity index (χ2v) is 7.05. The van der Waals surface area contributed by atoms with Crippen molar-refractivity contribution in [1.29, 1.82) is 0 Å². The van der Waals surface area contributed by atoms with Crippen LogP contribution in [-0.4, -0.2) is 13.0 Å². The molecule has 26 heavy (non-hydrogen) atoms. The Balaban J connectivity index is 1.63. The molecule has 4 nitrogen and oxygen atoms in total. The summed E-state index contributed by atoms with van der Waals surface area (Å²) in [6.45, 7) is 2.31. The Kier molecular flexibility index (Phi) is 5.81. The van der Waals surface area contributed by atoms with Gasteiger partial charge in [-0.25, -0.2) is 0 Å². The van der Waals surface area contributed by atoms with E-state index in [1.54, 1.807) is 19.2 Å². The molecule has 0 spiro atoms.